The molecule has 0 saturated carbocycles. The quantitative estimate of drug-likeness (QED) is 0.545. The van der Waals surface area contributed by atoms with Gasteiger partial charge in [0.1, 0.15) is 16.9 Å². The molecule has 0 saturated heterocycles. The summed E-state index contributed by atoms with van der Waals surface area (Å²) in [5.74, 6) is 0.116. The summed E-state index contributed by atoms with van der Waals surface area (Å²) in [6.45, 7) is 9.75. The fourth-order valence-electron chi connectivity index (χ4n) is 1.92. The van der Waals surface area contributed by atoms with Crippen LogP contribution in [0.1, 0.15) is 44.0 Å². The number of benzene rings is 1. The van der Waals surface area contributed by atoms with Gasteiger partial charge in [-0.2, -0.15) is 0 Å². The molecule has 0 bridgehead atoms. The molecule has 0 heterocycles. The molecule has 1 rings (SSSR count). The Labute approximate surface area is 127 Å². The fraction of sp³-hybridized carbons (Fsp3) is 0.389. The van der Waals surface area contributed by atoms with E-state index in [2.05, 4.69) is 12.7 Å². The normalized spacial score (nSPS) is 13.0. The van der Waals surface area contributed by atoms with Crippen molar-refractivity contribution in [3.8, 4) is 5.75 Å². The van der Waals surface area contributed by atoms with Crippen molar-refractivity contribution >= 4 is 5.97 Å². The highest BCUT2D eigenvalue weighted by Gasteiger charge is 2.26. The number of hydrogen-bond donors (Lipinski definition) is 0. The number of hydrogen-bond acceptors (Lipinski definition) is 3. The minimum absolute atomic E-state index is 0.396. The van der Waals surface area contributed by atoms with E-state index in [0.29, 0.717) is 17.7 Å². The molecule has 1 aromatic carbocycles. The highest BCUT2D eigenvalue weighted by atomic mass is 16.6. The summed E-state index contributed by atoms with van der Waals surface area (Å²) in [7, 11) is 1.54. The van der Waals surface area contributed by atoms with Gasteiger partial charge in [0.2, 0.25) is 0 Å². The summed E-state index contributed by atoms with van der Waals surface area (Å²) in [4.78, 5) is 12.3. The average molecular weight is 288 g/mol. The Balaban J connectivity index is 2.82. The Hall–Kier alpha value is -2.03. The van der Waals surface area contributed by atoms with Crippen LogP contribution >= 0.6 is 0 Å². The van der Waals surface area contributed by atoms with E-state index in [-0.39, 0.29) is 0 Å². The molecule has 21 heavy (non-hydrogen) atoms. The van der Waals surface area contributed by atoms with Gasteiger partial charge in [0.05, 0.1) is 7.11 Å². The Morgan fingerprint density at radius 1 is 1.33 bits per heavy atom. The monoisotopic (exact) mass is 288 g/mol. The third kappa shape index (κ3) is 5.10. The number of allylic oxidation sites excluding steroid dienone is 2. The van der Waals surface area contributed by atoms with Crippen LogP contribution in [0, 0.1) is 0 Å². The van der Waals surface area contributed by atoms with Crippen LogP contribution in [0.5, 0.6) is 5.75 Å². The third-order valence-electron chi connectivity index (χ3n) is 3.28. The number of methoxy groups -OCH3 is 1. The smallest absolute Gasteiger partial charge is 0.342 e. The van der Waals surface area contributed by atoms with Gasteiger partial charge in [-0.25, -0.2) is 4.79 Å². The first-order valence-electron chi connectivity index (χ1n) is 7.05. The molecule has 114 valence electrons. The van der Waals surface area contributed by atoms with Crippen LogP contribution in [0.25, 0.3) is 0 Å². The van der Waals surface area contributed by atoms with Gasteiger partial charge in [0.15, 0.2) is 0 Å². The predicted octanol–water partition coefficient (Wildman–Crippen LogP) is 4.54. The first kappa shape index (κ1) is 17.0. The van der Waals surface area contributed by atoms with Crippen LogP contribution in [0.15, 0.2) is 48.6 Å². The highest BCUT2D eigenvalue weighted by Crippen LogP contribution is 2.25. The van der Waals surface area contributed by atoms with Crippen molar-refractivity contribution in [3.05, 3.63) is 54.1 Å². The zero-order valence-electron chi connectivity index (χ0n) is 13.3. The van der Waals surface area contributed by atoms with Crippen LogP contribution in [-0.4, -0.2) is 18.7 Å². The minimum Gasteiger partial charge on any atom is -0.496 e. The number of carbonyl (C=O) groups is 1. The van der Waals surface area contributed by atoms with E-state index in [0.717, 1.165) is 6.42 Å². The third-order valence-corrected chi connectivity index (χ3v) is 3.28. The Bertz CT molecular complexity index is 527. The van der Waals surface area contributed by atoms with Crippen molar-refractivity contribution in [1.29, 1.82) is 0 Å². The summed E-state index contributed by atoms with van der Waals surface area (Å²) in [6.07, 6.45) is 5.34. The maximum absolute atomic E-state index is 12.3. The molecule has 0 spiro atoms. The maximum atomic E-state index is 12.3. The van der Waals surface area contributed by atoms with Gasteiger partial charge >= 0.3 is 5.97 Å². The molecule has 3 nitrogen and oxygen atoms in total. The van der Waals surface area contributed by atoms with Crippen molar-refractivity contribution in [2.45, 2.75) is 39.2 Å². The van der Waals surface area contributed by atoms with Gasteiger partial charge in [-0.1, -0.05) is 30.4 Å². The average Bonchev–Trinajstić information content (AvgIpc) is 2.46. The second kappa shape index (κ2) is 7.67. The van der Waals surface area contributed by atoms with Gasteiger partial charge in [0, 0.05) is 0 Å². The van der Waals surface area contributed by atoms with E-state index in [1.807, 2.05) is 26.8 Å². The van der Waals surface area contributed by atoms with Crippen LogP contribution in [0.2, 0.25) is 0 Å². The summed E-state index contributed by atoms with van der Waals surface area (Å²) < 4.78 is 10.8. The van der Waals surface area contributed by atoms with E-state index in [4.69, 9.17) is 9.47 Å². The topological polar surface area (TPSA) is 35.5 Å². The SMILES string of the molecule is C=CC(C)(CCC=C(C)C)OC(=O)c1ccccc1OC. The molecule has 1 aromatic rings. The van der Waals surface area contributed by atoms with Crippen molar-refractivity contribution in [2.24, 2.45) is 0 Å². The van der Waals surface area contributed by atoms with Crippen LogP contribution in [0.3, 0.4) is 0 Å². The van der Waals surface area contributed by atoms with E-state index < -0.39 is 11.6 Å². The zero-order chi connectivity index (χ0) is 15.9. The lowest BCUT2D eigenvalue weighted by Crippen LogP contribution is -2.29. The molecule has 0 fully saturated rings. The lowest BCUT2D eigenvalue weighted by atomic mass is 9.99. The molecule has 0 aliphatic heterocycles. The van der Waals surface area contributed by atoms with Crippen LogP contribution < -0.4 is 4.74 Å². The van der Waals surface area contributed by atoms with E-state index in [1.165, 1.54) is 12.7 Å². The predicted molar refractivity (Wildman–Crippen MR) is 85.7 cm³/mol. The molecule has 0 radical (unpaired) electrons. The number of rotatable bonds is 7. The molecular weight excluding hydrogens is 264 g/mol. The lowest BCUT2D eigenvalue weighted by Gasteiger charge is -2.26. The summed E-state index contributed by atoms with van der Waals surface area (Å²) in [5, 5.41) is 0. The second-order valence-electron chi connectivity index (χ2n) is 5.43. The van der Waals surface area contributed by atoms with Crippen molar-refractivity contribution in [1.82, 2.24) is 0 Å². The number of carbonyl (C=O) groups excluding carboxylic acids is 1. The first-order valence-corrected chi connectivity index (χ1v) is 7.05. The zero-order valence-corrected chi connectivity index (χ0v) is 13.3. The summed E-state index contributed by atoms with van der Waals surface area (Å²) in [6, 6.07) is 7.04. The van der Waals surface area contributed by atoms with Gasteiger partial charge in [0.25, 0.3) is 0 Å². The Morgan fingerprint density at radius 2 is 2.00 bits per heavy atom. The molecule has 0 amide bonds. The van der Waals surface area contributed by atoms with Crippen molar-refractivity contribution in [3.63, 3.8) is 0 Å². The maximum Gasteiger partial charge on any atom is 0.342 e. The first-order chi connectivity index (χ1) is 9.91. The van der Waals surface area contributed by atoms with E-state index >= 15 is 0 Å². The standard InChI is InChI=1S/C18H24O3/c1-6-18(4,13-9-10-14(2)3)21-17(19)15-11-7-8-12-16(15)20-5/h6-8,10-12H,1,9,13H2,2-5H3. The molecule has 0 aromatic heterocycles. The molecule has 0 aliphatic carbocycles. The molecule has 0 N–H and O–H groups in total. The van der Waals surface area contributed by atoms with Crippen LogP contribution in [0.4, 0.5) is 0 Å². The summed E-state index contributed by atoms with van der Waals surface area (Å²) in [5.41, 5.74) is 0.983. The van der Waals surface area contributed by atoms with Crippen LogP contribution in [-0.2, 0) is 4.74 Å². The lowest BCUT2D eigenvalue weighted by molar-refractivity contribution is 0.00805. The van der Waals surface area contributed by atoms with Crippen molar-refractivity contribution in [2.75, 3.05) is 7.11 Å². The largest absolute Gasteiger partial charge is 0.496 e. The Kier molecular flexibility index (Phi) is 6.22. The second-order valence-corrected chi connectivity index (χ2v) is 5.43. The van der Waals surface area contributed by atoms with Gasteiger partial charge in [-0.05, 0) is 51.8 Å². The van der Waals surface area contributed by atoms with E-state index in [9.17, 15) is 4.79 Å². The fourth-order valence-corrected chi connectivity index (χ4v) is 1.92. The highest BCUT2D eigenvalue weighted by molar-refractivity contribution is 5.92. The molecule has 1 unspecified atom stereocenters. The van der Waals surface area contributed by atoms with Gasteiger partial charge in [-0.15, -0.1) is 0 Å². The molecule has 3 heteroatoms. The number of esters is 1. The molecular formula is C18H24O3. The van der Waals surface area contributed by atoms with E-state index in [1.54, 1.807) is 24.3 Å². The van der Waals surface area contributed by atoms with Gasteiger partial charge < -0.3 is 9.47 Å². The molecule has 0 aliphatic rings. The number of ether oxygens (including phenoxy) is 2. The summed E-state index contributed by atoms with van der Waals surface area (Å²) >= 11 is 0. The molecule has 1 atom stereocenters. The van der Waals surface area contributed by atoms with Crippen molar-refractivity contribution < 1.29 is 14.3 Å². The number of para-hydroxylation sites is 1. The Morgan fingerprint density at radius 3 is 2.57 bits per heavy atom. The van der Waals surface area contributed by atoms with Gasteiger partial charge in [-0.3, -0.25) is 0 Å². The minimum atomic E-state index is -0.691.